The topological polar surface area (TPSA) is 76.9 Å². The molecule has 4 aromatic rings. The highest BCUT2D eigenvalue weighted by molar-refractivity contribution is 6.48. The number of hydrogen-bond donors (Lipinski definition) is 1. The van der Waals surface area contributed by atoms with Crippen LogP contribution in [0.5, 0.6) is 0 Å². The molecule has 0 radical (unpaired) electrons. The Kier molecular flexibility index (Phi) is 4.63. The average molecular weight is 374 g/mol. The van der Waals surface area contributed by atoms with Crippen molar-refractivity contribution < 1.29 is 14.0 Å². The first-order chi connectivity index (χ1) is 13.6. The van der Waals surface area contributed by atoms with Crippen molar-refractivity contribution in [2.75, 3.05) is 5.32 Å². The number of anilines is 1. The summed E-state index contributed by atoms with van der Waals surface area (Å²) in [6.07, 6.45) is 6.28. The molecular formula is C21H15FN4O2. The number of fused-ring (bicyclic) bond motifs is 1. The Balaban J connectivity index is 1.66. The first-order valence-corrected chi connectivity index (χ1v) is 8.56. The van der Waals surface area contributed by atoms with E-state index in [1.807, 2.05) is 0 Å². The lowest BCUT2D eigenvalue weighted by molar-refractivity contribution is -0.112. The van der Waals surface area contributed by atoms with Crippen LogP contribution in [-0.2, 0) is 11.3 Å². The highest BCUT2D eigenvalue weighted by Gasteiger charge is 2.22. The Labute approximate surface area is 159 Å². The van der Waals surface area contributed by atoms with Crippen LogP contribution in [0.1, 0.15) is 15.9 Å². The number of hydrogen-bond acceptors (Lipinski definition) is 4. The second-order valence-corrected chi connectivity index (χ2v) is 6.19. The minimum absolute atomic E-state index is 0.261. The van der Waals surface area contributed by atoms with Crippen molar-refractivity contribution in [1.82, 2.24) is 14.5 Å². The van der Waals surface area contributed by atoms with E-state index >= 15 is 0 Å². The van der Waals surface area contributed by atoms with Crippen LogP contribution in [0.3, 0.4) is 0 Å². The normalized spacial score (nSPS) is 10.8. The van der Waals surface area contributed by atoms with E-state index in [-0.39, 0.29) is 11.4 Å². The number of ketones is 1. The summed E-state index contributed by atoms with van der Waals surface area (Å²) in [7, 11) is 0. The van der Waals surface area contributed by atoms with Crippen molar-refractivity contribution in [3.8, 4) is 0 Å². The van der Waals surface area contributed by atoms with E-state index in [4.69, 9.17) is 0 Å². The van der Waals surface area contributed by atoms with Crippen LogP contribution in [0.15, 0.2) is 73.3 Å². The van der Waals surface area contributed by atoms with Crippen LogP contribution in [0.25, 0.3) is 11.0 Å². The van der Waals surface area contributed by atoms with E-state index < -0.39 is 11.7 Å². The molecule has 0 aliphatic rings. The molecule has 7 heteroatoms. The number of amides is 1. The van der Waals surface area contributed by atoms with E-state index in [0.29, 0.717) is 23.3 Å². The highest BCUT2D eigenvalue weighted by Crippen LogP contribution is 2.22. The molecule has 0 aliphatic carbocycles. The smallest absolute Gasteiger partial charge is 0.296 e. The van der Waals surface area contributed by atoms with Gasteiger partial charge in [0.15, 0.2) is 0 Å². The number of nitrogens with zero attached hydrogens (tertiary/aromatic N) is 3. The van der Waals surface area contributed by atoms with Crippen molar-refractivity contribution in [2.45, 2.75) is 6.54 Å². The zero-order valence-corrected chi connectivity index (χ0v) is 14.7. The van der Waals surface area contributed by atoms with Crippen molar-refractivity contribution >= 4 is 28.4 Å². The molecule has 0 saturated carbocycles. The molecule has 0 aliphatic heterocycles. The van der Waals surface area contributed by atoms with E-state index in [9.17, 15) is 14.0 Å². The lowest BCUT2D eigenvalue weighted by Crippen LogP contribution is -2.22. The van der Waals surface area contributed by atoms with Gasteiger partial charge < -0.3 is 9.88 Å². The predicted octanol–water partition coefficient (Wildman–Crippen LogP) is 3.44. The zero-order chi connectivity index (χ0) is 19.5. The number of benzene rings is 1. The van der Waals surface area contributed by atoms with Crippen LogP contribution >= 0.6 is 0 Å². The van der Waals surface area contributed by atoms with E-state index in [2.05, 4.69) is 15.3 Å². The minimum Gasteiger partial charge on any atom is -0.327 e. The summed E-state index contributed by atoms with van der Waals surface area (Å²) in [4.78, 5) is 33.4. The number of carbonyl (C=O) groups excluding carboxylic acids is 2. The first kappa shape index (κ1) is 17.5. The Hall–Kier alpha value is -3.87. The highest BCUT2D eigenvalue weighted by atomic mass is 19.1. The van der Waals surface area contributed by atoms with Crippen LogP contribution in [0.4, 0.5) is 10.1 Å². The lowest BCUT2D eigenvalue weighted by Gasteiger charge is -2.04. The van der Waals surface area contributed by atoms with Gasteiger partial charge in [-0.3, -0.25) is 14.6 Å². The number of nitrogens with one attached hydrogen (secondary N) is 1. The van der Waals surface area contributed by atoms with Gasteiger partial charge in [0, 0.05) is 42.4 Å². The Morgan fingerprint density at radius 3 is 2.50 bits per heavy atom. The van der Waals surface area contributed by atoms with Gasteiger partial charge >= 0.3 is 0 Å². The summed E-state index contributed by atoms with van der Waals surface area (Å²) < 4.78 is 14.9. The maximum absolute atomic E-state index is 13.1. The summed E-state index contributed by atoms with van der Waals surface area (Å²) in [5.74, 6) is -1.72. The molecule has 1 aromatic carbocycles. The third-order valence-corrected chi connectivity index (χ3v) is 4.29. The molecule has 0 saturated heterocycles. The number of aromatic nitrogens is 3. The number of Topliss-reactive ketones (excluding diaryl/α,β-unsaturated/α-hetero) is 1. The van der Waals surface area contributed by atoms with Crippen molar-refractivity contribution in [3.05, 3.63) is 90.3 Å². The summed E-state index contributed by atoms with van der Waals surface area (Å²) >= 11 is 0. The third kappa shape index (κ3) is 3.50. The average Bonchev–Trinajstić information content (AvgIpc) is 3.08. The second-order valence-electron chi connectivity index (χ2n) is 6.19. The molecule has 1 amide bonds. The zero-order valence-electron chi connectivity index (χ0n) is 14.7. The third-order valence-electron chi connectivity index (χ3n) is 4.29. The summed E-state index contributed by atoms with van der Waals surface area (Å²) in [5.41, 5.74) is 2.18. The van der Waals surface area contributed by atoms with Gasteiger partial charge in [-0.05, 0) is 42.0 Å². The molecule has 138 valence electrons. The monoisotopic (exact) mass is 374 g/mol. The van der Waals surface area contributed by atoms with Gasteiger partial charge in [-0.15, -0.1) is 0 Å². The number of pyridine rings is 2. The quantitative estimate of drug-likeness (QED) is 0.429. The van der Waals surface area contributed by atoms with Gasteiger partial charge in [-0.25, -0.2) is 9.37 Å². The molecule has 3 heterocycles. The number of halogens is 1. The molecule has 0 bridgehead atoms. The van der Waals surface area contributed by atoms with Gasteiger partial charge in [-0.1, -0.05) is 12.1 Å². The summed E-state index contributed by atoms with van der Waals surface area (Å²) in [6, 6.07) is 12.8. The molecule has 1 N–H and O–H groups in total. The summed E-state index contributed by atoms with van der Waals surface area (Å²) in [6.45, 7) is 0.396. The Morgan fingerprint density at radius 1 is 1.00 bits per heavy atom. The molecule has 0 atom stereocenters. The Bertz CT molecular complexity index is 1150. The van der Waals surface area contributed by atoms with Crippen LogP contribution in [0, 0.1) is 5.82 Å². The van der Waals surface area contributed by atoms with Gasteiger partial charge in [0.25, 0.3) is 11.7 Å². The number of rotatable bonds is 5. The largest absolute Gasteiger partial charge is 0.327 e. The van der Waals surface area contributed by atoms with Gasteiger partial charge in [-0.2, -0.15) is 0 Å². The van der Waals surface area contributed by atoms with Crippen LogP contribution in [-0.4, -0.2) is 26.2 Å². The second kappa shape index (κ2) is 7.40. The molecule has 28 heavy (non-hydrogen) atoms. The molecule has 0 unspecified atom stereocenters. The standard InChI is InChI=1S/C21H15FN4O2/c22-15-5-3-14(4-6-15)12-26-13-18(17-2-1-9-24-20(17)26)19(27)21(28)25-16-7-10-23-11-8-16/h1-11,13H,12H2,(H,23,25,28). The van der Waals surface area contributed by atoms with E-state index in [1.165, 1.54) is 24.5 Å². The molecule has 3 aromatic heterocycles. The van der Waals surface area contributed by atoms with E-state index in [0.717, 1.165) is 5.56 Å². The van der Waals surface area contributed by atoms with Crippen LogP contribution < -0.4 is 5.32 Å². The fraction of sp³-hybridized carbons (Fsp3) is 0.0476. The van der Waals surface area contributed by atoms with Gasteiger partial charge in [0.1, 0.15) is 11.5 Å². The Morgan fingerprint density at radius 2 is 1.75 bits per heavy atom. The molecule has 0 fully saturated rings. The van der Waals surface area contributed by atoms with E-state index in [1.54, 1.807) is 53.4 Å². The van der Waals surface area contributed by atoms with Gasteiger partial charge in [0.2, 0.25) is 0 Å². The SMILES string of the molecule is O=C(Nc1ccncc1)C(=O)c1cn(Cc2ccc(F)cc2)c2ncccc12. The maximum Gasteiger partial charge on any atom is 0.296 e. The number of carbonyl (C=O) groups is 2. The molecular weight excluding hydrogens is 359 g/mol. The van der Waals surface area contributed by atoms with Crippen molar-refractivity contribution in [1.29, 1.82) is 0 Å². The molecule has 4 rings (SSSR count). The molecule has 0 spiro atoms. The summed E-state index contributed by atoms with van der Waals surface area (Å²) in [5, 5.41) is 3.15. The maximum atomic E-state index is 13.1. The first-order valence-electron chi connectivity index (χ1n) is 8.56. The fourth-order valence-corrected chi connectivity index (χ4v) is 2.96. The fourth-order valence-electron chi connectivity index (χ4n) is 2.96. The predicted molar refractivity (Wildman–Crippen MR) is 102 cm³/mol. The van der Waals surface area contributed by atoms with Crippen molar-refractivity contribution in [3.63, 3.8) is 0 Å². The minimum atomic E-state index is -0.740. The van der Waals surface area contributed by atoms with Crippen LogP contribution in [0.2, 0.25) is 0 Å². The van der Waals surface area contributed by atoms with Crippen molar-refractivity contribution in [2.24, 2.45) is 0 Å². The molecule has 6 nitrogen and oxygen atoms in total. The van der Waals surface area contributed by atoms with Gasteiger partial charge in [0.05, 0.1) is 5.56 Å². The lowest BCUT2D eigenvalue weighted by atomic mass is 10.1.